The minimum atomic E-state index is 0.272. The Labute approximate surface area is 104 Å². The topological polar surface area (TPSA) is 17.1 Å². The number of fused-ring (bicyclic) bond motifs is 1. The molecule has 1 aromatic carbocycles. The van der Waals surface area contributed by atoms with Crippen LogP contribution in [0.1, 0.15) is 50.2 Å². The molecule has 1 heteroatoms. The van der Waals surface area contributed by atoms with Crippen molar-refractivity contribution in [3.8, 4) is 0 Å². The van der Waals surface area contributed by atoms with Crippen LogP contribution < -0.4 is 0 Å². The smallest absolute Gasteiger partial charge is 0.136 e. The molecule has 0 heterocycles. The van der Waals surface area contributed by atoms with Crippen LogP contribution in [0.15, 0.2) is 24.3 Å². The van der Waals surface area contributed by atoms with Gasteiger partial charge in [0.15, 0.2) is 0 Å². The van der Waals surface area contributed by atoms with Crippen LogP contribution in [0.5, 0.6) is 0 Å². The summed E-state index contributed by atoms with van der Waals surface area (Å²) in [6.07, 6.45) is 7.53. The van der Waals surface area contributed by atoms with Gasteiger partial charge < -0.3 is 0 Å². The van der Waals surface area contributed by atoms with Crippen LogP contribution in [0.25, 0.3) is 0 Å². The van der Waals surface area contributed by atoms with Crippen molar-refractivity contribution in [3.63, 3.8) is 0 Å². The zero-order valence-corrected chi connectivity index (χ0v) is 10.7. The lowest BCUT2D eigenvalue weighted by molar-refractivity contribution is -0.122. The largest absolute Gasteiger partial charge is 0.299 e. The molecular formula is C16H22O. The summed E-state index contributed by atoms with van der Waals surface area (Å²) in [7, 11) is 0. The van der Waals surface area contributed by atoms with Crippen LogP contribution >= 0.6 is 0 Å². The predicted molar refractivity (Wildman–Crippen MR) is 71.1 cm³/mol. The zero-order valence-electron chi connectivity index (χ0n) is 10.7. The van der Waals surface area contributed by atoms with E-state index in [2.05, 4.69) is 31.2 Å². The Kier molecular flexibility index (Phi) is 4.36. The van der Waals surface area contributed by atoms with E-state index in [1.165, 1.54) is 30.4 Å². The van der Waals surface area contributed by atoms with Crippen molar-refractivity contribution in [1.29, 1.82) is 0 Å². The van der Waals surface area contributed by atoms with E-state index in [0.29, 0.717) is 5.78 Å². The van der Waals surface area contributed by atoms with Gasteiger partial charge in [-0.25, -0.2) is 0 Å². The lowest BCUT2D eigenvalue weighted by Crippen LogP contribution is -2.14. The first-order valence-corrected chi connectivity index (χ1v) is 6.90. The number of rotatable bonds is 6. The molecule has 0 bridgehead atoms. The molecule has 1 aliphatic carbocycles. The normalized spacial score (nSPS) is 14.9. The number of ketones is 1. The second kappa shape index (κ2) is 6.00. The summed E-state index contributed by atoms with van der Waals surface area (Å²) < 4.78 is 0. The summed E-state index contributed by atoms with van der Waals surface area (Å²) in [5.41, 5.74) is 2.78. The molecule has 0 saturated heterocycles. The first-order chi connectivity index (χ1) is 8.31. The van der Waals surface area contributed by atoms with Gasteiger partial charge in [0, 0.05) is 12.3 Å². The van der Waals surface area contributed by atoms with Gasteiger partial charge in [-0.2, -0.15) is 0 Å². The Morgan fingerprint density at radius 2 is 1.76 bits per heavy atom. The highest BCUT2D eigenvalue weighted by molar-refractivity contribution is 5.82. The van der Waals surface area contributed by atoms with Crippen molar-refractivity contribution in [2.24, 2.45) is 5.92 Å². The van der Waals surface area contributed by atoms with Gasteiger partial charge in [-0.1, -0.05) is 50.5 Å². The Morgan fingerprint density at radius 3 is 2.35 bits per heavy atom. The third-order valence-corrected chi connectivity index (χ3v) is 3.78. The van der Waals surface area contributed by atoms with Crippen LogP contribution in [0, 0.1) is 5.92 Å². The maximum atomic E-state index is 12.1. The maximum Gasteiger partial charge on any atom is 0.136 e. The average Bonchev–Trinajstić information content (AvgIpc) is 2.78. The summed E-state index contributed by atoms with van der Waals surface area (Å²) in [5, 5.41) is 0. The van der Waals surface area contributed by atoms with Crippen molar-refractivity contribution in [1.82, 2.24) is 0 Å². The predicted octanol–water partition coefficient (Wildman–Crippen LogP) is 3.94. The average molecular weight is 230 g/mol. The SMILES string of the molecule is CCCCCCC(=O)C1Cc2ccccc2C1. The van der Waals surface area contributed by atoms with E-state index in [9.17, 15) is 4.79 Å². The third kappa shape index (κ3) is 3.18. The van der Waals surface area contributed by atoms with E-state index in [4.69, 9.17) is 0 Å². The lowest BCUT2D eigenvalue weighted by atomic mass is 9.96. The number of carbonyl (C=O) groups is 1. The van der Waals surface area contributed by atoms with Crippen LogP contribution in [-0.4, -0.2) is 5.78 Å². The minimum Gasteiger partial charge on any atom is -0.299 e. The summed E-state index contributed by atoms with van der Waals surface area (Å²) in [4.78, 5) is 12.1. The van der Waals surface area contributed by atoms with Gasteiger partial charge in [0.2, 0.25) is 0 Å². The molecule has 1 nitrogen and oxygen atoms in total. The van der Waals surface area contributed by atoms with E-state index >= 15 is 0 Å². The number of carbonyl (C=O) groups excluding carboxylic acids is 1. The molecule has 0 amide bonds. The fourth-order valence-electron chi connectivity index (χ4n) is 2.72. The van der Waals surface area contributed by atoms with Crippen molar-refractivity contribution in [2.75, 3.05) is 0 Å². The molecule has 1 aliphatic rings. The Morgan fingerprint density at radius 1 is 1.12 bits per heavy atom. The Bertz CT molecular complexity index is 356. The van der Waals surface area contributed by atoms with Crippen LogP contribution in [0.2, 0.25) is 0 Å². The highest BCUT2D eigenvalue weighted by Gasteiger charge is 2.26. The fraction of sp³-hybridized carbons (Fsp3) is 0.562. The highest BCUT2D eigenvalue weighted by atomic mass is 16.1. The van der Waals surface area contributed by atoms with Crippen molar-refractivity contribution in [2.45, 2.75) is 51.9 Å². The molecule has 1 aromatic rings. The van der Waals surface area contributed by atoms with E-state index in [1.807, 2.05) is 0 Å². The summed E-state index contributed by atoms with van der Waals surface area (Å²) in [6.45, 7) is 2.20. The molecule has 92 valence electrons. The number of hydrogen-bond donors (Lipinski definition) is 0. The maximum absolute atomic E-state index is 12.1. The molecule has 0 fully saturated rings. The molecule has 0 unspecified atom stereocenters. The minimum absolute atomic E-state index is 0.272. The Hall–Kier alpha value is -1.11. The van der Waals surface area contributed by atoms with E-state index < -0.39 is 0 Å². The molecule has 0 radical (unpaired) electrons. The zero-order chi connectivity index (χ0) is 12.1. The van der Waals surface area contributed by atoms with Gasteiger partial charge in [-0.15, -0.1) is 0 Å². The number of hydrogen-bond acceptors (Lipinski definition) is 1. The number of benzene rings is 1. The van der Waals surface area contributed by atoms with Gasteiger partial charge in [0.25, 0.3) is 0 Å². The number of unbranched alkanes of at least 4 members (excludes halogenated alkanes) is 3. The van der Waals surface area contributed by atoms with Crippen molar-refractivity contribution < 1.29 is 4.79 Å². The monoisotopic (exact) mass is 230 g/mol. The van der Waals surface area contributed by atoms with Gasteiger partial charge in [0.05, 0.1) is 0 Å². The van der Waals surface area contributed by atoms with Crippen LogP contribution in [0.3, 0.4) is 0 Å². The quantitative estimate of drug-likeness (QED) is 0.676. The highest BCUT2D eigenvalue weighted by Crippen LogP contribution is 2.28. The van der Waals surface area contributed by atoms with Crippen LogP contribution in [0.4, 0.5) is 0 Å². The molecule has 17 heavy (non-hydrogen) atoms. The van der Waals surface area contributed by atoms with Gasteiger partial charge >= 0.3 is 0 Å². The van der Waals surface area contributed by atoms with Gasteiger partial charge in [-0.05, 0) is 30.4 Å². The van der Waals surface area contributed by atoms with E-state index in [0.717, 1.165) is 25.7 Å². The Balaban J connectivity index is 1.80. The van der Waals surface area contributed by atoms with Gasteiger partial charge in [-0.3, -0.25) is 4.79 Å². The summed E-state index contributed by atoms with van der Waals surface area (Å²) in [5.74, 6) is 0.756. The summed E-state index contributed by atoms with van der Waals surface area (Å²) >= 11 is 0. The molecule has 0 saturated carbocycles. The third-order valence-electron chi connectivity index (χ3n) is 3.78. The molecule has 0 atom stereocenters. The first-order valence-electron chi connectivity index (χ1n) is 6.90. The fourth-order valence-corrected chi connectivity index (χ4v) is 2.72. The molecule has 0 aliphatic heterocycles. The second-order valence-corrected chi connectivity index (χ2v) is 5.15. The lowest BCUT2D eigenvalue weighted by Gasteiger charge is -2.07. The molecule has 0 spiro atoms. The van der Waals surface area contributed by atoms with Crippen LogP contribution in [-0.2, 0) is 17.6 Å². The molecule has 0 aromatic heterocycles. The first kappa shape index (κ1) is 12.3. The van der Waals surface area contributed by atoms with E-state index in [-0.39, 0.29) is 5.92 Å². The molecular weight excluding hydrogens is 208 g/mol. The number of Topliss-reactive ketones (excluding diaryl/α,β-unsaturated/α-hetero) is 1. The standard InChI is InChI=1S/C16H22O/c1-2-3-4-5-10-16(17)15-11-13-8-6-7-9-14(13)12-15/h6-9,15H,2-5,10-12H2,1H3. The van der Waals surface area contributed by atoms with Crippen molar-refractivity contribution >= 4 is 5.78 Å². The molecule has 2 rings (SSSR count). The molecule has 0 N–H and O–H groups in total. The van der Waals surface area contributed by atoms with Crippen molar-refractivity contribution in [3.05, 3.63) is 35.4 Å². The summed E-state index contributed by atoms with van der Waals surface area (Å²) in [6, 6.07) is 8.49. The second-order valence-electron chi connectivity index (χ2n) is 5.15. The van der Waals surface area contributed by atoms with E-state index in [1.54, 1.807) is 0 Å². The van der Waals surface area contributed by atoms with Gasteiger partial charge in [0.1, 0.15) is 5.78 Å².